The highest BCUT2D eigenvalue weighted by Gasteiger charge is 2.18. The number of ether oxygens (including phenoxy) is 3. The summed E-state index contributed by atoms with van der Waals surface area (Å²) in [5, 5.41) is 8.61. The third-order valence-electron chi connectivity index (χ3n) is 2.29. The van der Waals surface area contributed by atoms with E-state index in [2.05, 4.69) is 10.2 Å². The van der Waals surface area contributed by atoms with Gasteiger partial charge in [0.05, 0.1) is 26.9 Å². The van der Waals surface area contributed by atoms with E-state index in [0.29, 0.717) is 17.2 Å². The van der Waals surface area contributed by atoms with E-state index < -0.39 is 0 Å². The van der Waals surface area contributed by atoms with Gasteiger partial charge in [0.2, 0.25) is 5.75 Å². The maximum absolute atomic E-state index is 5.37. The summed E-state index contributed by atoms with van der Waals surface area (Å²) in [6.45, 7) is 0. The van der Waals surface area contributed by atoms with Gasteiger partial charge < -0.3 is 14.2 Å². The van der Waals surface area contributed by atoms with E-state index in [1.165, 1.54) is 11.3 Å². The molecule has 0 radical (unpaired) electrons. The Balaban J connectivity index is 2.61. The summed E-state index contributed by atoms with van der Waals surface area (Å²) in [6, 6.07) is 3.69. The molecule has 2 rings (SSSR count). The number of nitrogens with zero attached hydrogens (tertiary/aromatic N) is 2. The molecule has 1 aromatic carbocycles. The molecular formula is C11H12N2O3S. The van der Waals surface area contributed by atoms with Crippen LogP contribution in [0.4, 0.5) is 0 Å². The first-order chi connectivity index (χ1) is 8.31. The second kappa shape index (κ2) is 5.01. The second-order valence-electron chi connectivity index (χ2n) is 3.13. The quantitative estimate of drug-likeness (QED) is 0.835. The molecule has 0 N–H and O–H groups in total. The zero-order chi connectivity index (χ0) is 12.3. The van der Waals surface area contributed by atoms with Crippen molar-refractivity contribution < 1.29 is 14.2 Å². The lowest BCUT2D eigenvalue weighted by molar-refractivity contribution is 0.325. The predicted molar refractivity (Wildman–Crippen MR) is 65.0 cm³/mol. The highest BCUT2D eigenvalue weighted by atomic mass is 32.1. The average molecular weight is 252 g/mol. The molecule has 0 spiro atoms. The molecule has 1 aromatic heterocycles. The lowest BCUT2D eigenvalue weighted by Crippen LogP contribution is -1.96. The third-order valence-corrected chi connectivity index (χ3v) is 3.02. The highest BCUT2D eigenvalue weighted by Crippen LogP contribution is 2.44. The summed E-state index contributed by atoms with van der Waals surface area (Å²) < 4.78 is 15.9. The van der Waals surface area contributed by atoms with E-state index in [4.69, 9.17) is 14.2 Å². The fourth-order valence-corrected chi connectivity index (χ4v) is 2.14. The molecule has 0 aliphatic carbocycles. The third kappa shape index (κ3) is 2.03. The number of hydrogen-bond donors (Lipinski definition) is 0. The first-order valence-corrected chi connectivity index (χ1v) is 5.75. The van der Waals surface area contributed by atoms with Crippen LogP contribution in [0, 0.1) is 0 Å². The van der Waals surface area contributed by atoms with Crippen molar-refractivity contribution in [2.45, 2.75) is 0 Å². The molecule has 0 atom stereocenters. The molecule has 0 saturated heterocycles. The first-order valence-electron chi connectivity index (χ1n) is 4.87. The summed E-state index contributed by atoms with van der Waals surface area (Å²) in [4.78, 5) is 0. The minimum atomic E-state index is 0.558. The van der Waals surface area contributed by atoms with E-state index in [-0.39, 0.29) is 0 Å². The van der Waals surface area contributed by atoms with Crippen LogP contribution in [0.1, 0.15) is 0 Å². The number of aromatic nitrogens is 2. The molecule has 2 aromatic rings. The molecule has 0 bridgehead atoms. The highest BCUT2D eigenvalue weighted by molar-refractivity contribution is 7.12. The molecule has 1 heterocycles. The molecule has 17 heavy (non-hydrogen) atoms. The van der Waals surface area contributed by atoms with Gasteiger partial charge >= 0.3 is 0 Å². The Hall–Kier alpha value is -1.82. The Kier molecular flexibility index (Phi) is 3.43. The van der Waals surface area contributed by atoms with Gasteiger partial charge in [-0.05, 0) is 12.1 Å². The van der Waals surface area contributed by atoms with Crippen LogP contribution in [0.15, 0.2) is 17.6 Å². The Morgan fingerprint density at radius 3 is 2.29 bits per heavy atom. The maximum Gasteiger partial charge on any atom is 0.204 e. The Morgan fingerprint density at radius 2 is 1.76 bits per heavy atom. The van der Waals surface area contributed by atoms with Crippen LogP contribution >= 0.6 is 11.3 Å². The van der Waals surface area contributed by atoms with Gasteiger partial charge in [-0.1, -0.05) is 11.3 Å². The molecule has 0 saturated carbocycles. The molecule has 90 valence electrons. The summed E-state index contributed by atoms with van der Waals surface area (Å²) in [7, 11) is 4.74. The van der Waals surface area contributed by atoms with Crippen molar-refractivity contribution in [2.75, 3.05) is 21.3 Å². The van der Waals surface area contributed by atoms with E-state index in [9.17, 15) is 0 Å². The summed E-state index contributed by atoms with van der Waals surface area (Å²) in [5.41, 5.74) is 2.51. The topological polar surface area (TPSA) is 53.5 Å². The fraction of sp³-hybridized carbons (Fsp3) is 0.273. The zero-order valence-electron chi connectivity index (χ0n) is 9.76. The predicted octanol–water partition coefficient (Wildman–Crippen LogP) is 2.23. The normalized spacial score (nSPS) is 10.1. The average Bonchev–Trinajstić information content (AvgIpc) is 2.90. The van der Waals surface area contributed by atoms with Crippen molar-refractivity contribution in [1.29, 1.82) is 0 Å². The van der Waals surface area contributed by atoms with Crippen LogP contribution in [-0.4, -0.2) is 31.5 Å². The smallest absolute Gasteiger partial charge is 0.204 e. The van der Waals surface area contributed by atoms with Gasteiger partial charge in [-0.25, -0.2) is 0 Å². The van der Waals surface area contributed by atoms with Crippen molar-refractivity contribution in [3.8, 4) is 27.8 Å². The lowest BCUT2D eigenvalue weighted by atomic mass is 10.2. The zero-order valence-corrected chi connectivity index (χ0v) is 10.6. The molecule has 0 unspecified atom stereocenters. The Bertz CT molecular complexity index is 500. The van der Waals surface area contributed by atoms with E-state index >= 15 is 0 Å². The van der Waals surface area contributed by atoms with Gasteiger partial charge in [0.1, 0.15) is 5.51 Å². The molecule has 5 nitrogen and oxygen atoms in total. The molecule has 0 fully saturated rings. The van der Waals surface area contributed by atoms with Gasteiger partial charge in [0, 0.05) is 0 Å². The Labute approximate surface area is 103 Å². The van der Waals surface area contributed by atoms with Gasteiger partial charge in [0.15, 0.2) is 16.5 Å². The number of methoxy groups -OCH3 is 3. The van der Waals surface area contributed by atoms with E-state index in [1.807, 2.05) is 12.1 Å². The second-order valence-corrected chi connectivity index (χ2v) is 3.96. The molecule has 6 heteroatoms. The monoisotopic (exact) mass is 252 g/mol. The van der Waals surface area contributed by atoms with Crippen LogP contribution in [-0.2, 0) is 0 Å². The summed E-state index contributed by atoms with van der Waals surface area (Å²) >= 11 is 1.44. The largest absolute Gasteiger partial charge is 0.493 e. The molecule has 0 amide bonds. The summed E-state index contributed by atoms with van der Waals surface area (Å²) in [6.07, 6.45) is 0. The van der Waals surface area contributed by atoms with Crippen LogP contribution in [0.25, 0.3) is 10.6 Å². The van der Waals surface area contributed by atoms with Gasteiger partial charge in [-0.15, -0.1) is 10.2 Å². The van der Waals surface area contributed by atoms with Crippen molar-refractivity contribution in [2.24, 2.45) is 0 Å². The standard InChI is InChI=1S/C11H12N2O3S/c1-14-8-5-4-7(11-13-12-6-17-11)9(15-2)10(8)16-3/h4-6H,1-3H3. The van der Waals surface area contributed by atoms with Crippen LogP contribution in [0.2, 0.25) is 0 Å². The number of hydrogen-bond acceptors (Lipinski definition) is 6. The number of rotatable bonds is 4. The van der Waals surface area contributed by atoms with Crippen molar-refractivity contribution in [1.82, 2.24) is 10.2 Å². The van der Waals surface area contributed by atoms with Crippen LogP contribution in [0.5, 0.6) is 17.2 Å². The lowest BCUT2D eigenvalue weighted by Gasteiger charge is -2.14. The van der Waals surface area contributed by atoms with Crippen LogP contribution in [0.3, 0.4) is 0 Å². The summed E-state index contributed by atoms with van der Waals surface area (Å²) in [5.74, 6) is 1.78. The van der Waals surface area contributed by atoms with Crippen molar-refractivity contribution >= 4 is 11.3 Å². The van der Waals surface area contributed by atoms with Crippen molar-refractivity contribution in [3.63, 3.8) is 0 Å². The fourth-order valence-electron chi connectivity index (χ4n) is 1.56. The van der Waals surface area contributed by atoms with Crippen molar-refractivity contribution in [3.05, 3.63) is 17.6 Å². The molecule has 0 aliphatic rings. The SMILES string of the molecule is COc1ccc(-c2nncs2)c(OC)c1OC. The Morgan fingerprint density at radius 1 is 1.00 bits per heavy atom. The minimum absolute atomic E-state index is 0.558. The van der Waals surface area contributed by atoms with Gasteiger partial charge in [0.25, 0.3) is 0 Å². The van der Waals surface area contributed by atoms with Crippen LogP contribution < -0.4 is 14.2 Å². The maximum atomic E-state index is 5.37. The minimum Gasteiger partial charge on any atom is -0.493 e. The van der Waals surface area contributed by atoms with E-state index in [0.717, 1.165) is 10.6 Å². The van der Waals surface area contributed by atoms with Gasteiger partial charge in [-0.2, -0.15) is 0 Å². The number of benzene rings is 1. The van der Waals surface area contributed by atoms with Gasteiger partial charge in [-0.3, -0.25) is 0 Å². The molecule has 0 aliphatic heterocycles. The van der Waals surface area contributed by atoms with E-state index in [1.54, 1.807) is 26.8 Å². The molecular weight excluding hydrogens is 240 g/mol. The first kappa shape index (κ1) is 11.7.